The maximum atomic E-state index is 12.9. The number of fused-ring (bicyclic) bond motifs is 3. The Morgan fingerprint density at radius 1 is 1.04 bits per heavy atom. The Bertz CT molecular complexity index is 951. The molecule has 0 radical (unpaired) electrons. The summed E-state index contributed by atoms with van der Waals surface area (Å²) in [4.78, 5) is 12.9. The molecule has 2 aliphatic heterocycles. The summed E-state index contributed by atoms with van der Waals surface area (Å²) in [7, 11) is 0. The Hall–Kier alpha value is -2.86. The normalized spacial score (nSPS) is 20.4. The molecular formula is C18H12N2O3S. The van der Waals surface area contributed by atoms with Gasteiger partial charge >= 0.3 is 0 Å². The van der Waals surface area contributed by atoms with Crippen molar-refractivity contribution in [3.8, 4) is 11.5 Å². The average molecular weight is 336 g/mol. The van der Waals surface area contributed by atoms with Gasteiger partial charge in [-0.05, 0) is 29.9 Å². The van der Waals surface area contributed by atoms with Crippen molar-refractivity contribution in [2.24, 2.45) is 0 Å². The van der Waals surface area contributed by atoms with Crippen LogP contribution in [0.1, 0.15) is 27.5 Å². The van der Waals surface area contributed by atoms with Gasteiger partial charge in [-0.1, -0.05) is 30.3 Å². The lowest BCUT2D eigenvalue weighted by Gasteiger charge is -2.28. The molecule has 3 aliphatic rings. The molecular weight excluding hydrogens is 324 g/mol. The molecule has 24 heavy (non-hydrogen) atoms. The molecule has 0 spiro atoms. The van der Waals surface area contributed by atoms with Gasteiger partial charge in [0.25, 0.3) is 0 Å². The third kappa shape index (κ3) is 1.80. The SMILES string of the molecule is O=C1C2=C(NC(=S)NC2c2ccc3c(c2)OCO3)c2ccccc21. The monoisotopic (exact) mass is 336 g/mol. The summed E-state index contributed by atoms with van der Waals surface area (Å²) >= 11 is 5.35. The van der Waals surface area contributed by atoms with E-state index >= 15 is 0 Å². The van der Waals surface area contributed by atoms with Crippen LogP contribution in [0.4, 0.5) is 0 Å². The Balaban J connectivity index is 1.66. The first-order valence-corrected chi connectivity index (χ1v) is 7.98. The van der Waals surface area contributed by atoms with Gasteiger partial charge in [0.05, 0.1) is 17.3 Å². The van der Waals surface area contributed by atoms with E-state index in [1.807, 2.05) is 42.5 Å². The zero-order valence-electron chi connectivity index (χ0n) is 12.5. The molecule has 0 bridgehead atoms. The molecule has 2 aromatic rings. The fourth-order valence-corrected chi connectivity index (χ4v) is 3.63. The minimum atomic E-state index is -0.317. The standard InChI is InChI=1S/C18H12N2O3S/c21-17-11-4-2-1-3-10(11)16-14(17)15(19-18(24)20-16)9-5-6-12-13(7-9)23-8-22-12/h1-7,15H,8H2,(H2,19,20,24). The summed E-state index contributed by atoms with van der Waals surface area (Å²) in [6.45, 7) is 0.217. The second kappa shape index (κ2) is 4.82. The van der Waals surface area contributed by atoms with Crippen molar-refractivity contribution in [3.05, 3.63) is 64.7 Å². The van der Waals surface area contributed by atoms with E-state index in [1.165, 1.54) is 0 Å². The summed E-state index contributed by atoms with van der Waals surface area (Å²) < 4.78 is 10.8. The third-order valence-corrected chi connectivity index (χ3v) is 4.71. The van der Waals surface area contributed by atoms with Gasteiger partial charge in [0.1, 0.15) is 0 Å². The summed E-state index contributed by atoms with van der Waals surface area (Å²) in [6.07, 6.45) is 0. The van der Waals surface area contributed by atoms with Crippen LogP contribution in [0.2, 0.25) is 0 Å². The van der Waals surface area contributed by atoms with Gasteiger partial charge in [-0.15, -0.1) is 0 Å². The van der Waals surface area contributed by atoms with Crippen LogP contribution in [0, 0.1) is 0 Å². The highest BCUT2D eigenvalue weighted by molar-refractivity contribution is 7.80. The van der Waals surface area contributed by atoms with Crippen LogP contribution in [0.5, 0.6) is 11.5 Å². The van der Waals surface area contributed by atoms with Crippen molar-refractivity contribution in [2.75, 3.05) is 6.79 Å². The Morgan fingerprint density at radius 2 is 1.83 bits per heavy atom. The molecule has 2 aromatic carbocycles. The van der Waals surface area contributed by atoms with Crippen molar-refractivity contribution < 1.29 is 14.3 Å². The molecule has 0 aromatic heterocycles. The second-order valence-corrected chi connectivity index (χ2v) is 6.22. The van der Waals surface area contributed by atoms with Crippen LogP contribution in [0.3, 0.4) is 0 Å². The summed E-state index contributed by atoms with van der Waals surface area (Å²) in [5.74, 6) is 1.42. The largest absolute Gasteiger partial charge is 0.454 e. The number of carbonyl (C=O) groups excluding carboxylic acids is 1. The molecule has 6 heteroatoms. The number of nitrogens with one attached hydrogen (secondary N) is 2. The van der Waals surface area contributed by atoms with Gasteiger partial charge in [0, 0.05) is 11.1 Å². The van der Waals surface area contributed by atoms with Gasteiger partial charge in [-0.25, -0.2) is 0 Å². The smallest absolute Gasteiger partial charge is 0.231 e. The highest BCUT2D eigenvalue weighted by Crippen LogP contribution is 2.42. The van der Waals surface area contributed by atoms with Crippen molar-refractivity contribution in [1.29, 1.82) is 0 Å². The number of carbonyl (C=O) groups is 1. The Kier molecular flexibility index (Phi) is 2.72. The zero-order valence-corrected chi connectivity index (χ0v) is 13.3. The predicted octanol–water partition coefficient (Wildman–Crippen LogP) is 2.54. The number of Topliss-reactive ketones (excluding diaryl/α,β-unsaturated/α-hetero) is 1. The minimum absolute atomic E-state index is 0.0192. The Labute approximate surface area is 143 Å². The molecule has 0 saturated carbocycles. The lowest BCUT2D eigenvalue weighted by molar-refractivity contribution is 0.103. The fourth-order valence-electron chi connectivity index (χ4n) is 3.41. The maximum Gasteiger partial charge on any atom is 0.231 e. The molecule has 5 rings (SSSR count). The van der Waals surface area contributed by atoms with E-state index < -0.39 is 0 Å². The Morgan fingerprint density at radius 3 is 2.71 bits per heavy atom. The topological polar surface area (TPSA) is 59.6 Å². The van der Waals surface area contributed by atoms with Gasteiger partial charge in [-0.3, -0.25) is 4.79 Å². The number of hydrogen-bond donors (Lipinski definition) is 2. The summed E-state index contributed by atoms with van der Waals surface area (Å²) in [5.41, 5.74) is 3.99. The van der Waals surface area contributed by atoms with Crippen molar-refractivity contribution >= 4 is 28.8 Å². The molecule has 1 atom stereocenters. The van der Waals surface area contributed by atoms with Gasteiger partial charge in [0.2, 0.25) is 6.79 Å². The number of ether oxygens (including phenoxy) is 2. The van der Waals surface area contributed by atoms with Crippen LogP contribution < -0.4 is 20.1 Å². The third-order valence-electron chi connectivity index (χ3n) is 4.49. The minimum Gasteiger partial charge on any atom is -0.454 e. The van der Waals surface area contributed by atoms with E-state index in [4.69, 9.17) is 21.7 Å². The lowest BCUT2D eigenvalue weighted by Crippen LogP contribution is -2.43. The highest BCUT2D eigenvalue weighted by atomic mass is 32.1. The number of ketones is 1. The van der Waals surface area contributed by atoms with E-state index in [9.17, 15) is 4.79 Å². The van der Waals surface area contributed by atoms with Crippen LogP contribution in [0.25, 0.3) is 5.70 Å². The van der Waals surface area contributed by atoms with Crippen molar-refractivity contribution in [1.82, 2.24) is 10.6 Å². The van der Waals surface area contributed by atoms with Crippen molar-refractivity contribution in [3.63, 3.8) is 0 Å². The van der Waals surface area contributed by atoms with E-state index in [1.54, 1.807) is 0 Å². The van der Waals surface area contributed by atoms with Gasteiger partial charge in [0.15, 0.2) is 22.4 Å². The first-order chi connectivity index (χ1) is 11.7. The van der Waals surface area contributed by atoms with Crippen molar-refractivity contribution in [2.45, 2.75) is 6.04 Å². The quantitative estimate of drug-likeness (QED) is 0.781. The summed E-state index contributed by atoms with van der Waals surface area (Å²) in [5, 5.41) is 6.85. The predicted molar refractivity (Wildman–Crippen MR) is 91.9 cm³/mol. The molecule has 0 fully saturated rings. The maximum absolute atomic E-state index is 12.9. The number of hydrogen-bond acceptors (Lipinski definition) is 4. The first-order valence-electron chi connectivity index (χ1n) is 7.58. The second-order valence-electron chi connectivity index (χ2n) is 5.81. The number of thiocarbonyl (C=S) groups is 1. The molecule has 0 amide bonds. The zero-order chi connectivity index (χ0) is 16.3. The fraction of sp³-hybridized carbons (Fsp3) is 0.111. The first kappa shape index (κ1) is 13.6. The van der Waals surface area contributed by atoms with Gasteiger partial charge < -0.3 is 20.1 Å². The van der Waals surface area contributed by atoms with Crippen LogP contribution >= 0.6 is 12.2 Å². The van der Waals surface area contributed by atoms with E-state index in [2.05, 4.69) is 10.6 Å². The molecule has 2 N–H and O–H groups in total. The average Bonchev–Trinajstić information content (AvgIpc) is 3.17. The van der Waals surface area contributed by atoms with E-state index in [-0.39, 0.29) is 18.6 Å². The lowest BCUT2D eigenvalue weighted by atomic mass is 9.94. The molecule has 2 heterocycles. The molecule has 1 unspecified atom stereocenters. The molecule has 118 valence electrons. The van der Waals surface area contributed by atoms with Crippen LogP contribution in [-0.2, 0) is 0 Å². The number of benzene rings is 2. The molecule has 0 saturated heterocycles. The van der Waals surface area contributed by atoms with Gasteiger partial charge in [-0.2, -0.15) is 0 Å². The molecule has 1 aliphatic carbocycles. The number of rotatable bonds is 1. The van der Waals surface area contributed by atoms with Crippen LogP contribution in [0.15, 0.2) is 48.0 Å². The van der Waals surface area contributed by atoms with E-state index in [0.29, 0.717) is 27.7 Å². The molecule has 5 nitrogen and oxygen atoms in total. The highest BCUT2D eigenvalue weighted by Gasteiger charge is 2.39. The van der Waals surface area contributed by atoms with Crippen LogP contribution in [-0.4, -0.2) is 17.7 Å². The summed E-state index contributed by atoms with van der Waals surface area (Å²) in [6, 6.07) is 12.9. The van der Waals surface area contributed by atoms with E-state index in [0.717, 1.165) is 16.8 Å².